The van der Waals surface area contributed by atoms with Gasteiger partial charge in [0.2, 0.25) is 10.0 Å². The zero-order chi connectivity index (χ0) is 32.0. The van der Waals surface area contributed by atoms with Crippen molar-refractivity contribution in [3.63, 3.8) is 0 Å². The molecule has 226 valence electrons. The Morgan fingerprint density at radius 2 is 1.84 bits per heavy atom. The lowest BCUT2D eigenvalue weighted by atomic mass is 10.0. The van der Waals surface area contributed by atoms with Crippen LogP contribution >= 0.6 is 0 Å². The number of rotatable bonds is 7. The monoisotopic (exact) mass is 623 g/mol. The lowest BCUT2D eigenvalue weighted by Crippen LogP contribution is -2.25. The highest BCUT2D eigenvalue weighted by Gasteiger charge is 2.27. The molecular formula is C33H26FN5O5S. The molecule has 6 aromatic rings. The zero-order valence-corrected chi connectivity index (χ0v) is 25.4. The highest BCUT2D eigenvalue weighted by atomic mass is 32.2. The normalized spacial score (nSPS) is 11.5. The number of benzene rings is 3. The van der Waals surface area contributed by atoms with Crippen LogP contribution in [-0.4, -0.2) is 51.8 Å². The molecule has 0 aliphatic heterocycles. The van der Waals surface area contributed by atoms with E-state index >= 15 is 0 Å². The number of amides is 1. The first-order valence-electron chi connectivity index (χ1n) is 13.6. The molecular weight excluding hydrogens is 597 g/mol. The van der Waals surface area contributed by atoms with Crippen LogP contribution in [0.15, 0.2) is 77.2 Å². The average Bonchev–Trinajstić information content (AvgIpc) is 3.64. The van der Waals surface area contributed by atoms with Crippen molar-refractivity contribution in [2.45, 2.75) is 0 Å². The van der Waals surface area contributed by atoms with Crippen molar-refractivity contribution < 1.29 is 26.8 Å². The third-order valence-electron chi connectivity index (χ3n) is 7.56. The topological polar surface area (TPSA) is 141 Å². The lowest BCUT2D eigenvalue weighted by molar-refractivity contribution is 0.0964. The van der Waals surface area contributed by atoms with E-state index in [-0.39, 0.29) is 22.6 Å². The van der Waals surface area contributed by atoms with Crippen molar-refractivity contribution in [1.29, 1.82) is 5.26 Å². The van der Waals surface area contributed by atoms with Gasteiger partial charge < -0.3 is 19.5 Å². The van der Waals surface area contributed by atoms with E-state index < -0.39 is 21.7 Å². The van der Waals surface area contributed by atoms with E-state index in [1.807, 2.05) is 12.1 Å². The van der Waals surface area contributed by atoms with Crippen molar-refractivity contribution in [3.8, 4) is 45.8 Å². The number of sulfonamides is 1. The Hall–Kier alpha value is -5.67. The zero-order valence-electron chi connectivity index (χ0n) is 24.6. The van der Waals surface area contributed by atoms with E-state index in [0.29, 0.717) is 44.9 Å². The van der Waals surface area contributed by atoms with Crippen LogP contribution in [0.5, 0.6) is 5.75 Å². The summed E-state index contributed by atoms with van der Waals surface area (Å²) in [5.41, 5.74) is 4.26. The number of ether oxygens (including phenoxy) is 1. The molecule has 0 aliphatic rings. The van der Waals surface area contributed by atoms with Crippen LogP contribution in [0, 0.1) is 17.1 Å². The molecule has 0 saturated heterocycles. The van der Waals surface area contributed by atoms with Crippen molar-refractivity contribution >= 4 is 43.5 Å². The summed E-state index contributed by atoms with van der Waals surface area (Å²) in [5, 5.41) is 13.2. The van der Waals surface area contributed by atoms with Gasteiger partial charge in [0, 0.05) is 47.6 Å². The third-order valence-corrected chi connectivity index (χ3v) is 8.76. The fourth-order valence-corrected chi connectivity index (χ4v) is 5.72. The second-order valence-corrected chi connectivity index (χ2v) is 12.3. The molecule has 0 radical (unpaired) electrons. The summed E-state index contributed by atoms with van der Waals surface area (Å²) in [6.07, 6.45) is 1.08. The van der Waals surface area contributed by atoms with Crippen molar-refractivity contribution in [2.75, 3.05) is 31.8 Å². The number of fused-ring (bicyclic) bond motifs is 2. The number of nitrogens with zero attached hydrogens (tertiary/aromatic N) is 3. The molecule has 3 aromatic heterocycles. The van der Waals surface area contributed by atoms with Gasteiger partial charge in [-0.05, 0) is 60.7 Å². The van der Waals surface area contributed by atoms with Gasteiger partial charge in [-0.2, -0.15) is 5.26 Å². The summed E-state index contributed by atoms with van der Waals surface area (Å²) in [4.78, 5) is 21.4. The van der Waals surface area contributed by atoms with Gasteiger partial charge in [-0.1, -0.05) is 6.07 Å². The Morgan fingerprint density at radius 3 is 2.51 bits per heavy atom. The molecule has 2 N–H and O–H groups in total. The van der Waals surface area contributed by atoms with E-state index in [2.05, 4.69) is 16.4 Å². The second-order valence-electron chi connectivity index (χ2n) is 10.3. The molecule has 45 heavy (non-hydrogen) atoms. The van der Waals surface area contributed by atoms with E-state index in [0.717, 1.165) is 21.5 Å². The summed E-state index contributed by atoms with van der Waals surface area (Å²) < 4.78 is 52.2. The molecule has 0 aliphatic carbocycles. The minimum absolute atomic E-state index is 0.201. The van der Waals surface area contributed by atoms with Crippen LogP contribution in [0.2, 0.25) is 0 Å². The minimum Gasteiger partial charge on any atom is -0.494 e. The number of furan rings is 1. The van der Waals surface area contributed by atoms with Gasteiger partial charge in [0.25, 0.3) is 5.91 Å². The van der Waals surface area contributed by atoms with E-state index in [9.17, 15) is 22.9 Å². The van der Waals surface area contributed by atoms with Gasteiger partial charge in [0.15, 0.2) is 0 Å². The van der Waals surface area contributed by atoms with E-state index in [1.165, 1.54) is 45.5 Å². The Labute approximate surface area is 257 Å². The molecule has 0 fully saturated rings. The van der Waals surface area contributed by atoms with Gasteiger partial charge in [0.05, 0.1) is 47.6 Å². The predicted octanol–water partition coefficient (Wildman–Crippen LogP) is 6.08. The Kier molecular flexibility index (Phi) is 7.26. The fraction of sp³-hybridized carbons (Fsp3) is 0.121. The molecule has 12 heteroatoms. The van der Waals surface area contributed by atoms with Crippen LogP contribution in [0.4, 0.5) is 10.1 Å². The molecule has 6 rings (SSSR count). The van der Waals surface area contributed by atoms with Crippen molar-refractivity contribution in [3.05, 3.63) is 89.7 Å². The summed E-state index contributed by atoms with van der Waals surface area (Å²) >= 11 is 0. The highest BCUT2D eigenvalue weighted by molar-refractivity contribution is 7.92. The van der Waals surface area contributed by atoms with Crippen LogP contribution in [0.25, 0.3) is 55.8 Å². The highest BCUT2D eigenvalue weighted by Crippen LogP contribution is 2.42. The summed E-state index contributed by atoms with van der Waals surface area (Å²) in [6, 6.07) is 21.4. The number of aromatic amines is 1. The molecule has 0 bridgehead atoms. The molecule has 10 nitrogen and oxygen atoms in total. The number of hydrogen-bond donors (Lipinski definition) is 2. The molecule has 0 saturated carbocycles. The van der Waals surface area contributed by atoms with Crippen LogP contribution in [0.1, 0.15) is 15.9 Å². The average molecular weight is 624 g/mol. The van der Waals surface area contributed by atoms with Crippen LogP contribution < -0.4 is 14.4 Å². The maximum absolute atomic E-state index is 13.7. The Morgan fingerprint density at radius 1 is 1.09 bits per heavy atom. The number of halogens is 1. The first kappa shape index (κ1) is 29.4. The number of hydrogen-bond acceptors (Lipinski definition) is 7. The maximum atomic E-state index is 13.7. The van der Waals surface area contributed by atoms with Gasteiger partial charge in [-0.3, -0.25) is 9.10 Å². The largest absolute Gasteiger partial charge is 0.494 e. The smallest absolute Gasteiger partial charge is 0.255 e. The van der Waals surface area contributed by atoms with Gasteiger partial charge in [-0.15, -0.1) is 0 Å². The van der Waals surface area contributed by atoms with Gasteiger partial charge in [0.1, 0.15) is 28.6 Å². The summed E-state index contributed by atoms with van der Waals surface area (Å²) in [5.74, 6) is -0.232. The third kappa shape index (κ3) is 5.23. The standard InChI is InChI=1S/C33H26FN5O5S/c1-36-33(40)30-23-15-22(27(39(2)45(4,41)42)16-29(23)44-32(30)19-7-9-21(34)10-8-19)24-11-12-28(43-3)31(38-24)26-14-20-6-5-18(17-35)13-25(20)37-26/h5-16,37H,1-4H3,(H,36,40). The van der Waals surface area contributed by atoms with Gasteiger partial charge >= 0.3 is 0 Å². The maximum Gasteiger partial charge on any atom is 0.255 e. The SMILES string of the molecule is CNC(=O)c1c(-c2ccc(F)cc2)oc2cc(N(C)S(C)(=O)=O)c(-c3ccc(OC)c(-c4cc5ccc(C#N)cc5[nH]4)n3)cc12. The van der Waals surface area contributed by atoms with Crippen LogP contribution in [-0.2, 0) is 10.0 Å². The number of H-pyrrole nitrogens is 1. The minimum atomic E-state index is -3.75. The fourth-order valence-electron chi connectivity index (χ4n) is 5.21. The molecule has 3 heterocycles. The number of methoxy groups -OCH3 is 1. The molecule has 1 amide bonds. The van der Waals surface area contributed by atoms with E-state index in [4.69, 9.17) is 14.1 Å². The van der Waals surface area contributed by atoms with E-state index in [1.54, 1.807) is 36.4 Å². The number of carbonyl (C=O) groups excluding carboxylic acids is 1. The molecule has 0 atom stereocenters. The molecule has 0 unspecified atom stereocenters. The number of anilines is 1. The van der Waals surface area contributed by atoms with Crippen molar-refractivity contribution in [1.82, 2.24) is 15.3 Å². The first-order valence-corrected chi connectivity index (χ1v) is 15.5. The molecule has 0 spiro atoms. The van der Waals surface area contributed by atoms with Gasteiger partial charge in [-0.25, -0.2) is 17.8 Å². The summed E-state index contributed by atoms with van der Waals surface area (Å²) in [6.45, 7) is 0. The number of aromatic nitrogens is 2. The summed E-state index contributed by atoms with van der Waals surface area (Å²) in [7, 11) is 0.669. The number of pyridine rings is 1. The quantitative estimate of drug-likeness (QED) is 0.219. The van der Waals surface area contributed by atoms with Crippen molar-refractivity contribution in [2.24, 2.45) is 0 Å². The Bertz CT molecular complexity index is 2290. The second kappa shape index (κ2) is 11.1. The number of nitrogens with one attached hydrogen (secondary N) is 2. The molecule has 3 aromatic carbocycles. The lowest BCUT2D eigenvalue weighted by Gasteiger charge is -2.21. The number of carbonyl (C=O) groups is 1. The number of nitriles is 1. The predicted molar refractivity (Wildman–Crippen MR) is 170 cm³/mol. The van der Waals surface area contributed by atoms with Crippen LogP contribution in [0.3, 0.4) is 0 Å². The Balaban J connectivity index is 1.62. The first-order chi connectivity index (χ1) is 21.5.